The summed E-state index contributed by atoms with van der Waals surface area (Å²) in [4.78, 5) is 11.5. The van der Waals surface area contributed by atoms with Crippen LogP contribution in [0.3, 0.4) is 0 Å². The highest BCUT2D eigenvalue weighted by Crippen LogP contribution is 2.29. The maximum absolute atomic E-state index is 11.5. The standard InChI is InChI=1S/C20H17NO2/c1-3-15-9-10-16(11-12-20(22)23-4-2)19(13-15)18-8-6-5-7-17(18)14-21/h4-13H,2-3H2,1H3/b12-11+. The summed E-state index contributed by atoms with van der Waals surface area (Å²) in [6.07, 6.45) is 5.03. The van der Waals surface area contributed by atoms with E-state index in [1.807, 2.05) is 30.3 Å². The summed E-state index contributed by atoms with van der Waals surface area (Å²) >= 11 is 0. The topological polar surface area (TPSA) is 50.1 Å². The van der Waals surface area contributed by atoms with Gasteiger partial charge in [-0.25, -0.2) is 4.79 Å². The quantitative estimate of drug-likeness (QED) is 0.464. The molecule has 0 saturated heterocycles. The molecule has 0 aliphatic rings. The molecule has 0 saturated carbocycles. The molecule has 0 heterocycles. The van der Waals surface area contributed by atoms with Gasteiger partial charge in [0.05, 0.1) is 17.9 Å². The first-order valence-corrected chi connectivity index (χ1v) is 7.31. The SMILES string of the molecule is C=COC(=O)/C=C/c1ccc(CC)cc1-c1ccccc1C#N. The Morgan fingerprint density at radius 1 is 1.26 bits per heavy atom. The zero-order chi connectivity index (χ0) is 16.7. The van der Waals surface area contributed by atoms with Gasteiger partial charge in [0.15, 0.2) is 0 Å². The molecule has 0 aliphatic carbocycles. The van der Waals surface area contributed by atoms with Crippen LogP contribution in [0.1, 0.15) is 23.6 Å². The van der Waals surface area contributed by atoms with Gasteiger partial charge in [0, 0.05) is 11.6 Å². The number of carbonyl (C=O) groups is 1. The van der Waals surface area contributed by atoms with E-state index in [9.17, 15) is 10.1 Å². The lowest BCUT2D eigenvalue weighted by Gasteiger charge is -2.10. The van der Waals surface area contributed by atoms with E-state index in [0.29, 0.717) is 5.56 Å². The molecule has 23 heavy (non-hydrogen) atoms. The van der Waals surface area contributed by atoms with Crippen LogP contribution < -0.4 is 0 Å². The molecule has 0 unspecified atom stereocenters. The van der Waals surface area contributed by atoms with Crippen LogP contribution in [0.15, 0.2) is 61.4 Å². The molecule has 3 nitrogen and oxygen atoms in total. The van der Waals surface area contributed by atoms with Crippen molar-refractivity contribution in [3.05, 3.63) is 78.1 Å². The molecule has 114 valence electrons. The van der Waals surface area contributed by atoms with Crippen LogP contribution in [0.25, 0.3) is 17.2 Å². The second-order valence-electron chi connectivity index (χ2n) is 4.87. The first kappa shape index (κ1) is 16.3. The minimum Gasteiger partial charge on any atom is -0.432 e. The lowest BCUT2D eigenvalue weighted by molar-refractivity contribution is -0.132. The molecule has 0 aromatic heterocycles. The molecule has 0 atom stereocenters. The first-order valence-electron chi connectivity index (χ1n) is 7.31. The average Bonchev–Trinajstić information content (AvgIpc) is 2.60. The Balaban J connectivity index is 2.54. The van der Waals surface area contributed by atoms with Crippen LogP contribution >= 0.6 is 0 Å². The van der Waals surface area contributed by atoms with Crippen molar-refractivity contribution in [1.82, 2.24) is 0 Å². The molecule has 0 amide bonds. The zero-order valence-corrected chi connectivity index (χ0v) is 13.0. The van der Waals surface area contributed by atoms with Crippen molar-refractivity contribution in [2.75, 3.05) is 0 Å². The minimum atomic E-state index is -0.487. The van der Waals surface area contributed by atoms with Gasteiger partial charge in [-0.3, -0.25) is 0 Å². The normalized spacial score (nSPS) is 10.3. The number of nitriles is 1. The number of hydrogen-bond acceptors (Lipinski definition) is 3. The molecule has 2 aromatic rings. The van der Waals surface area contributed by atoms with Gasteiger partial charge < -0.3 is 4.74 Å². The van der Waals surface area contributed by atoms with Crippen molar-refractivity contribution in [2.45, 2.75) is 13.3 Å². The maximum Gasteiger partial charge on any atom is 0.335 e. The van der Waals surface area contributed by atoms with E-state index in [1.54, 1.807) is 12.1 Å². The summed E-state index contributed by atoms with van der Waals surface area (Å²) in [6.45, 7) is 5.43. The predicted octanol–water partition coefficient (Wildman–Crippen LogP) is 4.49. The van der Waals surface area contributed by atoms with E-state index >= 15 is 0 Å². The molecule has 0 N–H and O–H groups in total. The second-order valence-corrected chi connectivity index (χ2v) is 4.87. The molecule has 2 rings (SSSR count). The molecule has 0 fully saturated rings. The van der Waals surface area contributed by atoms with Gasteiger partial charge in [-0.2, -0.15) is 5.26 Å². The Kier molecular flexibility index (Phi) is 5.49. The summed E-state index contributed by atoms with van der Waals surface area (Å²) < 4.78 is 4.68. The van der Waals surface area contributed by atoms with E-state index in [1.165, 1.54) is 11.6 Å². The largest absolute Gasteiger partial charge is 0.432 e. The summed E-state index contributed by atoms with van der Waals surface area (Å²) in [5.41, 5.74) is 4.39. The minimum absolute atomic E-state index is 0.487. The zero-order valence-electron chi connectivity index (χ0n) is 13.0. The Hall–Kier alpha value is -3.12. The number of aryl methyl sites for hydroxylation is 1. The maximum atomic E-state index is 11.5. The Morgan fingerprint density at radius 3 is 2.74 bits per heavy atom. The molecule has 3 heteroatoms. The first-order chi connectivity index (χ1) is 11.2. The van der Waals surface area contributed by atoms with E-state index in [4.69, 9.17) is 0 Å². The fraction of sp³-hybridized carbons (Fsp3) is 0.100. The number of rotatable bonds is 5. The van der Waals surface area contributed by atoms with Gasteiger partial charge in [-0.15, -0.1) is 0 Å². The van der Waals surface area contributed by atoms with Crippen LogP contribution in [-0.4, -0.2) is 5.97 Å². The van der Waals surface area contributed by atoms with Crippen LogP contribution in [0.2, 0.25) is 0 Å². The molecule has 0 spiro atoms. The number of hydrogen-bond donors (Lipinski definition) is 0. The van der Waals surface area contributed by atoms with E-state index in [-0.39, 0.29) is 0 Å². The lowest BCUT2D eigenvalue weighted by Crippen LogP contribution is -1.94. The van der Waals surface area contributed by atoms with Crippen LogP contribution in [0.5, 0.6) is 0 Å². The molecule has 0 aliphatic heterocycles. The van der Waals surface area contributed by atoms with Crippen LogP contribution in [0, 0.1) is 11.3 Å². The van der Waals surface area contributed by atoms with Gasteiger partial charge in [-0.1, -0.05) is 49.9 Å². The third-order valence-electron chi connectivity index (χ3n) is 3.46. The Bertz CT molecular complexity index is 798. The van der Waals surface area contributed by atoms with Gasteiger partial charge >= 0.3 is 5.97 Å². The predicted molar refractivity (Wildman–Crippen MR) is 91.3 cm³/mol. The van der Waals surface area contributed by atoms with Crippen LogP contribution in [0.4, 0.5) is 0 Å². The van der Waals surface area contributed by atoms with E-state index in [2.05, 4.69) is 30.4 Å². The summed E-state index contributed by atoms with van der Waals surface area (Å²) in [5, 5.41) is 9.33. The monoisotopic (exact) mass is 303 g/mol. The fourth-order valence-electron chi connectivity index (χ4n) is 2.30. The van der Waals surface area contributed by atoms with Crippen molar-refractivity contribution in [1.29, 1.82) is 5.26 Å². The van der Waals surface area contributed by atoms with Gasteiger partial charge in [0.1, 0.15) is 0 Å². The summed E-state index contributed by atoms with van der Waals surface area (Å²) in [7, 11) is 0. The number of ether oxygens (including phenoxy) is 1. The Morgan fingerprint density at radius 2 is 2.04 bits per heavy atom. The number of carbonyl (C=O) groups excluding carboxylic acids is 1. The molecular weight excluding hydrogens is 286 g/mol. The highest BCUT2D eigenvalue weighted by molar-refractivity contribution is 5.90. The van der Waals surface area contributed by atoms with Crippen molar-refractivity contribution >= 4 is 12.0 Å². The van der Waals surface area contributed by atoms with Crippen LogP contribution in [-0.2, 0) is 16.0 Å². The third kappa shape index (κ3) is 3.96. The third-order valence-corrected chi connectivity index (χ3v) is 3.46. The molecule has 0 radical (unpaired) electrons. The van der Waals surface area contributed by atoms with E-state index in [0.717, 1.165) is 29.4 Å². The number of nitrogens with zero attached hydrogens (tertiary/aromatic N) is 1. The number of esters is 1. The van der Waals surface area contributed by atoms with Crippen molar-refractivity contribution in [3.8, 4) is 17.2 Å². The van der Waals surface area contributed by atoms with Gasteiger partial charge in [0.2, 0.25) is 0 Å². The number of benzene rings is 2. The van der Waals surface area contributed by atoms with Crippen molar-refractivity contribution in [2.24, 2.45) is 0 Å². The van der Waals surface area contributed by atoms with E-state index < -0.39 is 5.97 Å². The summed E-state index contributed by atoms with van der Waals surface area (Å²) in [5.74, 6) is -0.487. The molecular formula is C20H17NO2. The van der Waals surface area contributed by atoms with Gasteiger partial charge in [-0.05, 0) is 35.3 Å². The highest BCUT2D eigenvalue weighted by atomic mass is 16.5. The average molecular weight is 303 g/mol. The molecule has 0 bridgehead atoms. The van der Waals surface area contributed by atoms with Gasteiger partial charge in [0.25, 0.3) is 0 Å². The van der Waals surface area contributed by atoms with Crippen molar-refractivity contribution < 1.29 is 9.53 Å². The second kappa shape index (κ2) is 7.77. The summed E-state index contributed by atoms with van der Waals surface area (Å²) in [6, 6.07) is 15.6. The Labute approximate surface area is 136 Å². The highest BCUT2D eigenvalue weighted by Gasteiger charge is 2.09. The van der Waals surface area contributed by atoms with Crippen molar-refractivity contribution in [3.63, 3.8) is 0 Å². The smallest absolute Gasteiger partial charge is 0.335 e. The fourth-order valence-corrected chi connectivity index (χ4v) is 2.30. The lowest BCUT2D eigenvalue weighted by atomic mass is 9.93. The molecule has 2 aromatic carbocycles.